The van der Waals surface area contributed by atoms with Gasteiger partial charge in [0, 0.05) is 12.7 Å². The van der Waals surface area contributed by atoms with E-state index in [1.165, 1.54) is 49.5 Å². The molecule has 0 atom stereocenters. The van der Waals surface area contributed by atoms with Gasteiger partial charge in [-0.05, 0) is 114 Å². The van der Waals surface area contributed by atoms with Gasteiger partial charge in [-0.2, -0.15) is 0 Å². The van der Waals surface area contributed by atoms with E-state index in [1.54, 1.807) is 19.2 Å². The van der Waals surface area contributed by atoms with Gasteiger partial charge >= 0.3 is 5.97 Å². The van der Waals surface area contributed by atoms with Crippen LogP contribution < -0.4 is 4.74 Å². The summed E-state index contributed by atoms with van der Waals surface area (Å²) in [6.45, 7) is 1.29. The van der Waals surface area contributed by atoms with Crippen LogP contribution >= 0.6 is 0 Å². The number of carboxylic acids is 1. The van der Waals surface area contributed by atoms with Crippen LogP contribution in [0.15, 0.2) is 54.6 Å². The number of carbonyl (C=O) groups is 1. The van der Waals surface area contributed by atoms with E-state index < -0.39 is 5.97 Å². The molecule has 0 amide bonds. The van der Waals surface area contributed by atoms with Gasteiger partial charge in [0.15, 0.2) is 6.79 Å². The Hall–Kier alpha value is -2.89. The second-order valence-corrected chi connectivity index (χ2v) is 11.2. The van der Waals surface area contributed by atoms with Crippen LogP contribution in [0.1, 0.15) is 54.4 Å². The average Bonchev–Trinajstić information content (AvgIpc) is 2.87. The van der Waals surface area contributed by atoms with Crippen molar-refractivity contribution in [2.45, 2.75) is 43.9 Å². The molecule has 1 N–H and O–H groups in total. The summed E-state index contributed by atoms with van der Waals surface area (Å²) in [4.78, 5) is 11.3. The van der Waals surface area contributed by atoms with Crippen molar-refractivity contribution in [3.05, 3.63) is 65.7 Å². The number of hydrogen-bond donors (Lipinski definition) is 1. The summed E-state index contributed by atoms with van der Waals surface area (Å²) in [5.41, 5.74) is 3.96. The summed E-state index contributed by atoms with van der Waals surface area (Å²) in [6.07, 6.45) is 8.00. The largest absolute Gasteiger partial charge is 0.478 e. The van der Waals surface area contributed by atoms with Crippen LogP contribution in [0.3, 0.4) is 0 Å². The SMILES string of the molecule is COCCOCOc1cc2ccc(-c3ccc(C(=O)O)cc3)cc2cc1C12CC3CC(CC(C3)C1)C2. The Balaban J connectivity index is 1.38. The highest BCUT2D eigenvalue weighted by Crippen LogP contribution is 2.62. The van der Waals surface area contributed by atoms with E-state index in [1.807, 2.05) is 12.1 Å². The molecule has 3 aromatic carbocycles. The molecule has 36 heavy (non-hydrogen) atoms. The van der Waals surface area contributed by atoms with Crippen LogP contribution in [0, 0.1) is 17.8 Å². The van der Waals surface area contributed by atoms with Crippen molar-refractivity contribution in [1.82, 2.24) is 0 Å². The molecule has 4 aliphatic rings. The van der Waals surface area contributed by atoms with Crippen LogP contribution in [-0.2, 0) is 14.9 Å². The maximum atomic E-state index is 11.3. The monoisotopic (exact) mass is 486 g/mol. The fourth-order valence-electron chi connectivity index (χ4n) is 7.54. The third-order valence-corrected chi connectivity index (χ3v) is 8.74. The Kier molecular flexibility index (Phi) is 6.22. The van der Waals surface area contributed by atoms with E-state index in [0.717, 1.165) is 40.0 Å². The molecule has 4 fully saturated rings. The number of carboxylic acid groups (broad SMARTS) is 1. The maximum absolute atomic E-state index is 11.3. The van der Waals surface area contributed by atoms with Crippen molar-refractivity contribution in [2.24, 2.45) is 17.8 Å². The van der Waals surface area contributed by atoms with Crippen molar-refractivity contribution < 1.29 is 24.1 Å². The van der Waals surface area contributed by atoms with Crippen LogP contribution in [0.5, 0.6) is 5.75 Å². The fraction of sp³-hybridized carbons (Fsp3) is 0.452. The molecule has 5 heteroatoms. The number of aromatic carboxylic acids is 1. The first kappa shape index (κ1) is 23.5. The summed E-state index contributed by atoms with van der Waals surface area (Å²) in [5, 5.41) is 11.6. The molecular formula is C31H34O5. The third kappa shape index (κ3) is 4.39. The topological polar surface area (TPSA) is 65.0 Å². The van der Waals surface area contributed by atoms with Crippen molar-refractivity contribution in [1.29, 1.82) is 0 Å². The molecule has 4 bridgehead atoms. The average molecular weight is 487 g/mol. The summed E-state index contributed by atoms with van der Waals surface area (Å²) >= 11 is 0. The van der Waals surface area contributed by atoms with Gasteiger partial charge in [0.05, 0.1) is 18.8 Å². The molecule has 4 saturated carbocycles. The first-order valence-electron chi connectivity index (χ1n) is 13.1. The third-order valence-electron chi connectivity index (χ3n) is 8.74. The highest BCUT2D eigenvalue weighted by Gasteiger charge is 2.52. The molecule has 0 spiro atoms. The Labute approximate surface area is 212 Å². The molecule has 0 aromatic heterocycles. The molecule has 0 saturated heterocycles. The van der Waals surface area contributed by atoms with Crippen molar-refractivity contribution in [3.8, 4) is 16.9 Å². The number of methoxy groups -OCH3 is 1. The second kappa shape index (κ2) is 9.53. The number of ether oxygens (including phenoxy) is 3. The predicted octanol–water partition coefficient (Wildman–Crippen LogP) is 6.67. The number of benzene rings is 3. The van der Waals surface area contributed by atoms with Gasteiger partial charge in [-0.25, -0.2) is 4.79 Å². The van der Waals surface area contributed by atoms with Gasteiger partial charge in [-0.3, -0.25) is 0 Å². The smallest absolute Gasteiger partial charge is 0.335 e. The Morgan fingerprint density at radius 1 is 0.861 bits per heavy atom. The molecule has 0 radical (unpaired) electrons. The van der Waals surface area contributed by atoms with E-state index >= 15 is 0 Å². The predicted molar refractivity (Wildman–Crippen MR) is 140 cm³/mol. The lowest BCUT2D eigenvalue weighted by molar-refractivity contribution is -0.0188. The molecule has 4 aliphatic carbocycles. The highest BCUT2D eigenvalue weighted by molar-refractivity contribution is 5.91. The van der Waals surface area contributed by atoms with Gasteiger partial charge in [0.1, 0.15) is 5.75 Å². The number of rotatable bonds is 9. The minimum atomic E-state index is -0.904. The van der Waals surface area contributed by atoms with Crippen molar-refractivity contribution in [3.63, 3.8) is 0 Å². The van der Waals surface area contributed by atoms with Gasteiger partial charge in [-0.15, -0.1) is 0 Å². The van der Waals surface area contributed by atoms with Crippen molar-refractivity contribution >= 4 is 16.7 Å². The van der Waals surface area contributed by atoms with Crippen LogP contribution in [0.4, 0.5) is 0 Å². The Morgan fingerprint density at radius 3 is 2.17 bits per heavy atom. The van der Waals surface area contributed by atoms with Gasteiger partial charge in [0.2, 0.25) is 0 Å². The van der Waals surface area contributed by atoms with E-state index in [4.69, 9.17) is 14.2 Å². The summed E-state index contributed by atoms with van der Waals surface area (Å²) in [7, 11) is 1.67. The van der Waals surface area contributed by atoms with Gasteiger partial charge in [-0.1, -0.05) is 24.3 Å². The van der Waals surface area contributed by atoms with E-state index in [0.29, 0.717) is 18.8 Å². The fourth-order valence-corrected chi connectivity index (χ4v) is 7.54. The van der Waals surface area contributed by atoms with E-state index in [9.17, 15) is 9.90 Å². The first-order valence-corrected chi connectivity index (χ1v) is 13.1. The zero-order valence-electron chi connectivity index (χ0n) is 20.9. The molecule has 7 rings (SSSR count). The molecule has 0 aliphatic heterocycles. The van der Waals surface area contributed by atoms with Crippen LogP contribution in [0.25, 0.3) is 21.9 Å². The molecule has 0 heterocycles. The molecular weight excluding hydrogens is 452 g/mol. The zero-order chi connectivity index (χ0) is 24.7. The zero-order valence-corrected chi connectivity index (χ0v) is 20.9. The molecule has 0 unspecified atom stereocenters. The lowest BCUT2D eigenvalue weighted by Crippen LogP contribution is -2.48. The quantitative estimate of drug-likeness (QED) is 0.270. The van der Waals surface area contributed by atoms with Crippen molar-refractivity contribution in [2.75, 3.05) is 27.1 Å². The van der Waals surface area contributed by atoms with E-state index in [-0.39, 0.29) is 12.2 Å². The lowest BCUT2D eigenvalue weighted by atomic mass is 9.48. The number of hydrogen-bond acceptors (Lipinski definition) is 4. The van der Waals surface area contributed by atoms with Crippen LogP contribution in [0.2, 0.25) is 0 Å². The maximum Gasteiger partial charge on any atom is 0.335 e. The van der Waals surface area contributed by atoms with Crippen LogP contribution in [-0.4, -0.2) is 38.2 Å². The standard InChI is InChI=1S/C31H34O5/c1-34-8-9-35-19-36-29-15-26-7-6-25(23-2-4-24(5-3-23)30(32)33)13-27(26)14-28(29)31-16-20-10-21(17-31)12-22(11-20)18-31/h2-7,13-15,20-22H,8-12,16-19H2,1H3,(H,32,33). The molecule has 188 valence electrons. The van der Waals surface area contributed by atoms with E-state index in [2.05, 4.69) is 30.3 Å². The first-order chi connectivity index (χ1) is 17.5. The minimum absolute atomic E-state index is 0.198. The molecule has 3 aromatic rings. The normalized spacial score (nSPS) is 26.4. The van der Waals surface area contributed by atoms with Gasteiger partial charge in [0.25, 0.3) is 0 Å². The minimum Gasteiger partial charge on any atom is -0.478 e. The summed E-state index contributed by atoms with van der Waals surface area (Å²) in [6, 6.07) is 18.2. The highest BCUT2D eigenvalue weighted by atomic mass is 16.7. The summed E-state index contributed by atoms with van der Waals surface area (Å²) in [5.74, 6) is 2.59. The Bertz CT molecular complexity index is 1230. The molecule has 5 nitrogen and oxygen atoms in total. The number of fused-ring (bicyclic) bond motifs is 1. The lowest BCUT2D eigenvalue weighted by Gasteiger charge is -2.57. The van der Waals surface area contributed by atoms with Gasteiger partial charge < -0.3 is 19.3 Å². The Morgan fingerprint density at radius 2 is 1.53 bits per heavy atom. The second-order valence-electron chi connectivity index (χ2n) is 11.2. The summed E-state index contributed by atoms with van der Waals surface area (Å²) < 4.78 is 17.1.